The minimum atomic E-state index is 0.715. The van der Waals surface area contributed by atoms with Crippen LogP contribution in [0.1, 0.15) is 36.8 Å². The molecule has 0 spiro atoms. The van der Waals surface area contributed by atoms with Crippen LogP contribution in [0.15, 0.2) is 24.4 Å². The summed E-state index contributed by atoms with van der Waals surface area (Å²) in [6.07, 6.45) is 8.37. The van der Waals surface area contributed by atoms with Gasteiger partial charge in [0.2, 0.25) is 0 Å². The van der Waals surface area contributed by atoms with Gasteiger partial charge in [-0.2, -0.15) is 11.8 Å². The highest BCUT2D eigenvalue weighted by Crippen LogP contribution is 2.45. The molecule has 1 aliphatic heterocycles. The van der Waals surface area contributed by atoms with Crippen molar-refractivity contribution in [2.45, 2.75) is 38.1 Å². The highest BCUT2D eigenvalue weighted by atomic mass is 32.2. The molecule has 2 aliphatic rings. The van der Waals surface area contributed by atoms with Crippen LogP contribution in [0.2, 0.25) is 0 Å². The summed E-state index contributed by atoms with van der Waals surface area (Å²) in [4.78, 5) is 6.29. The lowest BCUT2D eigenvalue weighted by Gasteiger charge is -2.47. The van der Waals surface area contributed by atoms with Crippen molar-refractivity contribution in [3.05, 3.63) is 35.5 Å². The number of H-pyrrole nitrogens is 1. The zero-order chi connectivity index (χ0) is 15.1. The second-order valence-corrected chi connectivity index (χ2v) is 7.92. The first-order valence-corrected chi connectivity index (χ1v) is 10.0. The molecule has 1 N–H and O–H groups in total. The van der Waals surface area contributed by atoms with E-state index in [2.05, 4.69) is 47.5 Å². The van der Waals surface area contributed by atoms with Crippen molar-refractivity contribution < 1.29 is 0 Å². The quantitative estimate of drug-likeness (QED) is 0.909. The maximum Gasteiger partial charge on any atom is 0.0459 e. The van der Waals surface area contributed by atoms with E-state index in [0.717, 1.165) is 11.8 Å². The number of nitrogens with zero attached hydrogens (tertiary/aromatic N) is 1. The van der Waals surface area contributed by atoms with Crippen LogP contribution in [0.25, 0.3) is 10.9 Å². The summed E-state index contributed by atoms with van der Waals surface area (Å²) in [5, 5.41) is 1.53. The standard InChI is InChI=1S/C19H26N2S/c1-3-7-21-11-13(12-22-2)8-16-15-5-4-6-17-19(15)14(10-20-17)9-18(16)21/h4-6,10,13,16,18,20H,3,7-9,11-12H2,1-2H3/t13?,16?,18-/m1/s1. The number of fused-ring (bicyclic) bond motifs is 2. The Morgan fingerprint density at radius 3 is 3.09 bits per heavy atom. The van der Waals surface area contributed by atoms with E-state index in [1.54, 1.807) is 5.56 Å². The van der Waals surface area contributed by atoms with Gasteiger partial charge in [-0.05, 0) is 60.9 Å². The number of rotatable bonds is 4. The molecular formula is C19H26N2S. The molecule has 118 valence electrons. The fourth-order valence-corrected chi connectivity index (χ4v) is 5.51. The van der Waals surface area contributed by atoms with E-state index in [9.17, 15) is 0 Å². The number of nitrogens with one attached hydrogen (secondary N) is 1. The van der Waals surface area contributed by atoms with E-state index in [1.807, 2.05) is 11.8 Å². The summed E-state index contributed by atoms with van der Waals surface area (Å²) in [7, 11) is 0. The Morgan fingerprint density at radius 2 is 2.27 bits per heavy atom. The lowest BCUT2D eigenvalue weighted by atomic mass is 9.72. The van der Waals surface area contributed by atoms with Crippen molar-refractivity contribution in [1.82, 2.24) is 9.88 Å². The molecule has 1 aromatic carbocycles. The molecular weight excluding hydrogens is 288 g/mol. The summed E-state index contributed by atoms with van der Waals surface area (Å²) in [6.45, 7) is 4.87. The summed E-state index contributed by atoms with van der Waals surface area (Å²) in [5.41, 5.74) is 4.48. The molecule has 0 amide bonds. The van der Waals surface area contributed by atoms with Crippen LogP contribution in [-0.4, -0.2) is 41.0 Å². The van der Waals surface area contributed by atoms with Crippen molar-refractivity contribution in [1.29, 1.82) is 0 Å². The SMILES string of the molecule is CCCN1CC(CSC)CC2c3cccc4[nH]cc(c34)C[C@H]21. The van der Waals surface area contributed by atoms with E-state index in [1.165, 1.54) is 54.6 Å². The number of aromatic amines is 1. The molecule has 0 saturated carbocycles. The molecule has 0 bridgehead atoms. The summed E-state index contributed by atoms with van der Waals surface area (Å²) in [5.74, 6) is 2.88. The Hall–Kier alpha value is -0.930. The first-order chi connectivity index (χ1) is 10.8. The van der Waals surface area contributed by atoms with Gasteiger partial charge >= 0.3 is 0 Å². The number of likely N-dealkylation sites (tertiary alicyclic amines) is 1. The Morgan fingerprint density at radius 1 is 1.36 bits per heavy atom. The average Bonchev–Trinajstić information content (AvgIpc) is 2.94. The van der Waals surface area contributed by atoms with Crippen molar-refractivity contribution in [2.24, 2.45) is 5.92 Å². The number of piperidine rings is 1. The maximum absolute atomic E-state index is 3.49. The van der Waals surface area contributed by atoms with E-state index in [-0.39, 0.29) is 0 Å². The van der Waals surface area contributed by atoms with Gasteiger partial charge in [0.15, 0.2) is 0 Å². The molecule has 2 heterocycles. The van der Waals surface area contributed by atoms with E-state index in [4.69, 9.17) is 0 Å². The molecule has 0 radical (unpaired) electrons. The van der Waals surface area contributed by atoms with Crippen LogP contribution in [-0.2, 0) is 6.42 Å². The minimum Gasteiger partial charge on any atom is -0.361 e. The van der Waals surface area contributed by atoms with Crippen LogP contribution in [0, 0.1) is 5.92 Å². The fourth-order valence-electron chi connectivity index (χ4n) is 4.80. The smallest absolute Gasteiger partial charge is 0.0459 e. The Bertz CT molecular complexity index is 662. The van der Waals surface area contributed by atoms with Crippen LogP contribution in [0.4, 0.5) is 0 Å². The largest absolute Gasteiger partial charge is 0.361 e. The van der Waals surface area contributed by atoms with Crippen LogP contribution in [0.3, 0.4) is 0 Å². The third-order valence-electron chi connectivity index (χ3n) is 5.57. The van der Waals surface area contributed by atoms with Crippen LogP contribution in [0.5, 0.6) is 0 Å². The molecule has 3 heteroatoms. The van der Waals surface area contributed by atoms with E-state index in [0.29, 0.717) is 6.04 Å². The second-order valence-electron chi connectivity index (χ2n) is 7.01. The maximum atomic E-state index is 3.49. The highest BCUT2D eigenvalue weighted by molar-refractivity contribution is 7.98. The predicted molar refractivity (Wildman–Crippen MR) is 96.9 cm³/mol. The van der Waals surface area contributed by atoms with Crippen LogP contribution >= 0.6 is 11.8 Å². The van der Waals surface area contributed by atoms with Gasteiger partial charge in [-0.3, -0.25) is 4.90 Å². The fraction of sp³-hybridized carbons (Fsp3) is 0.579. The van der Waals surface area contributed by atoms with Gasteiger partial charge in [0.05, 0.1) is 0 Å². The first kappa shape index (κ1) is 14.6. The Labute approximate surface area is 137 Å². The van der Waals surface area contributed by atoms with Crippen molar-refractivity contribution in [3.63, 3.8) is 0 Å². The zero-order valence-electron chi connectivity index (χ0n) is 13.6. The minimum absolute atomic E-state index is 0.715. The van der Waals surface area contributed by atoms with Gasteiger partial charge in [-0.1, -0.05) is 19.1 Å². The normalized spacial score (nSPS) is 28.0. The van der Waals surface area contributed by atoms with Gasteiger partial charge in [-0.25, -0.2) is 0 Å². The third-order valence-corrected chi connectivity index (χ3v) is 6.38. The predicted octanol–water partition coefficient (Wildman–Crippen LogP) is 4.27. The summed E-state index contributed by atoms with van der Waals surface area (Å²) in [6, 6.07) is 7.58. The summed E-state index contributed by atoms with van der Waals surface area (Å²) < 4.78 is 0. The van der Waals surface area contributed by atoms with E-state index >= 15 is 0 Å². The van der Waals surface area contributed by atoms with Gasteiger partial charge < -0.3 is 4.98 Å². The molecule has 1 aliphatic carbocycles. The number of thioether (sulfide) groups is 1. The second kappa shape index (κ2) is 5.93. The van der Waals surface area contributed by atoms with Gasteiger partial charge in [0, 0.05) is 35.6 Å². The molecule has 4 rings (SSSR count). The first-order valence-electron chi connectivity index (χ1n) is 8.63. The topological polar surface area (TPSA) is 19.0 Å². The molecule has 2 nitrogen and oxygen atoms in total. The monoisotopic (exact) mass is 314 g/mol. The summed E-state index contributed by atoms with van der Waals surface area (Å²) >= 11 is 2.01. The van der Waals surface area contributed by atoms with Crippen LogP contribution < -0.4 is 0 Å². The molecule has 22 heavy (non-hydrogen) atoms. The van der Waals surface area contributed by atoms with Gasteiger partial charge in [0.25, 0.3) is 0 Å². The molecule has 2 aromatic rings. The highest BCUT2D eigenvalue weighted by Gasteiger charge is 2.40. The Balaban J connectivity index is 1.75. The number of hydrogen-bond donors (Lipinski definition) is 1. The van der Waals surface area contributed by atoms with Gasteiger partial charge in [-0.15, -0.1) is 0 Å². The third kappa shape index (κ3) is 2.30. The van der Waals surface area contributed by atoms with Gasteiger partial charge in [0.1, 0.15) is 0 Å². The lowest BCUT2D eigenvalue weighted by Crippen LogP contribution is -2.50. The zero-order valence-corrected chi connectivity index (χ0v) is 14.5. The molecule has 1 aromatic heterocycles. The van der Waals surface area contributed by atoms with Crippen molar-refractivity contribution >= 4 is 22.7 Å². The molecule has 2 unspecified atom stereocenters. The van der Waals surface area contributed by atoms with Crippen molar-refractivity contribution in [2.75, 3.05) is 25.1 Å². The number of hydrogen-bond acceptors (Lipinski definition) is 2. The average molecular weight is 314 g/mol. The van der Waals surface area contributed by atoms with E-state index < -0.39 is 0 Å². The Kier molecular flexibility index (Phi) is 3.95. The molecule has 3 atom stereocenters. The number of aromatic nitrogens is 1. The number of benzene rings is 1. The molecule has 1 fully saturated rings. The lowest BCUT2D eigenvalue weighted by molar-refractivity contribution is 0.0926. The molecule has 1 saturated heterocycles. The van der Waals surface area contributed by atoms with Crippen molar-refractivity contribution in [3.8, 4) is 0 Å².